The van der Waals surface area contributed by atoms with E-state index in [-0.39, 0.29) is 5.78 Å². The molecule has 2 N–H and O–H groups in total. The Kier molecular flexibility index (Phi) is 6.50. The number of rotatable bonds is 9. The molecule has 0 aromatic carbocycles. The van der Waals surface area contributed by atoms with Crippen LogP contribution in [0, 0.1) is 0 Å². The van der Waals surface area contributed by atoms with E-state index in [1.165, 1.54) is 0 Å². The number of nitrogens with two attached hydrogens (primary N) is 1. The molecule has 5 nitrogen and oxygen atoms in total. The topological polar surface area (TPSA) is 64.2 Å². The average molecular weight is 238 g/mol. The largest absolute Gasteiger partial charge is 0.329 e. The Labute approximate surface area is 103 Å². The molecule has 0 fully saturated rings. The highest BCUT2D eigenvalue weighted by atomic mass is 16.1. The number of hydrogen-bond acceptors (Lipinski definition) is 4. The van der Waals surface area contributed by atoms with Crippen molar-refractivity contribution in [1.29, 1.82) is 0 Å². The summed E-state index contributed by atoms with van der Waals surface area (Å²) in [5, 5.41) is 4.16. The van der Waals surface area contributed by atoms with Crippen LogP contribution >= 0.6 is 0 Å². The quantitative estimate of drug-likeness (QED) is 0.681. The minimum absolute atomic E-state index is 0.254. The molecule has 0 aliphatic carbocycles. The van der Waals surface area contributed by atoms with Crippen molar-refractivity contribution in [2.45, 2.75) is 26.3 Å². The van der Waals surface area contributed by atoms with Gasteiger partial charge in [0.2, 0.25) is 0 Å². The molecule has 5 heteroatoms. The molecule has 1 rings (SSSR count). The number of ketones is 1. The van der Waals surface area contributed by atoms with Gasteiger partial charge in [0, 0.05) is 38.4 Å². The van der Waals surface area contributed by atoms with Crippen molar-refractivity contribution in [3.05, 3.63) is 18.5 Å². The van der Waals surface area contributed by atoms with Crippen molar-refractivity contribution in [3.63, 3.8) is 0 Å². The van der Waals surface area contributed by atoms with Crippen LogP contribution in [0.3, 0.4) is 0 Å². The summed E-state index contributed by atoms with van der Waals surface area (Å²) in [7, 11) is 0. The first-order valence-corrected chi connectivity index (χ1v) is 6.11. The molecule has 0 unspecified atom stereocenters. The summed E-state index contributed by atoms with van der Waals surface area (Å²) in [5.41, 5.74) is 5.58. The zero-order valence-corrected chi connectivity index (χ0v) is 10.5. The summed E-state index contributed by atoms with van der Waals surface area (Å²) < 4.78 is 1.91. The van der Waals surface area contributed by atoms with Crippen molar-refractivity contribution in [2.24, 2.45) is 5.73 Å². The zero-order valence-electron chi connectivity index (χ0n) is 10.5. The van der Waals surface area contributed by atoms with Gasteiger partial charge >= 0.3 is 0 Å². The summed E-state index contributed by atoms with van der Waals surface area (Å²) in [6.07, 6.45) is 5.30. The third kappa shape index (κ3) is 6.19. The molecule has 0 atom stereocenters. The lowest BCUT2D eigenvalue weighted by molar-refractivity contribution is -0.117. The third-order valence-electron chi connectivity index (χ3n) is 2.65. The predicted octanol–water partition coefficient (Wildman–Crippen LogP) is 0.513. The molecule has 0 aliphatic rings. The van der Waals surface area contributed by atoms with E-state index in [0.717, 1.165) is 32.6 Å². The molecule has 1 aromatic rings. The predicted molar refractivity (Wildman–Crippen MR) is 67.6 cm³/mol. The second-order valence-electron chi connectivity index (χ2n) is 4.21. The van der Waals surface area contributed by atoms with E-state index in [4.69, 9.17) is 5.73 Å². The maximum Gasteiger partial charge on any atom is 0.129 e. The summed E-state index contributed by atoms with van der Waals surface area (Å²) >= 11 is 0. The van der Waals surface area contributed by atoms with Gasteiger partial charge in [0.05, 0.1) is 6.54 Å². The van der Waals surface area contributed by atoms with E-state index in [2.05, 4.69) is 10.00 Å². The first-order valence-electron chi connectivity index (χ1n) is 6.11. The van der Waals surface area contributed by atoms with Crippen molar-refractivity contribution < 1.29 is 4.79 Å². The Balaban J connectivity index is 2.24. The Morgan fingerprint density at radius 1 is 1.41 bits per heavy atom. The number of hydrogen-bond donors (Lipinski definition) is 1. The molecule has 0 radical (unpaired) electrons. The number of nitrogens with zero attached hydrogens (tertiary/aromatic N) is 3. The van der Waals surface area contributed by atoms with E-state index >= 15 is 0 Å². The van der Waals surface area contributed by atoms with Crippen molar-refractivity contribution >= 4 is 5.78 Å². The molecule has 0 spiro atoms. The second-order valence-corrected chi connectivity index (χ2v) is 4.21. The molecule has 96 valence electrons. The van der Waals surface area contributed by atoms with Crippen molar-refractivity contribution in [1.82, 2.24) is 14.7 Å². The lowest BCUT2D eigenvalue weighted by Gasteiger charge is -2.21. The van der Waals surface area contributed by atoms with E-state index in [1.807, 2.05) is 16.9 Å². The van der Waals surface area contributed by atoms with Crippen LogP contribution in [-0.2, 0) is 11.3 Å². The van der Waals surface area contributed by atoms with Gasteiger partial charge in [-0.2, -0.15) is 5.10 Å². The van der Waals surface area contributed by atoms with Crippen LogP contribution in [0.5, 0.6) is 0 Å². The van der Waals surface area contributed by atoms with E-state index in [1.54, 1.807) is 13.1 Å². The smallest absolute Gasteiger partial charge is 0.129 e. The van der Waals surface area contributed by atoms with Gasteiger partial charge in [0.1, 0.15) is 5.78 Å². The van der Waals surface area contributed by atoms with Crippen LogP contribution in [0.25, 0.3) is 0 Å². The highest BCUT2D eigenvalue weighted by Gasteiger charge is 2.04. The summed E-state index contributed by atoms with van der Waals surface area (Å²) in [6.45, 7) is 5.89. The summed E-state index contributed by atoms with van der Waals surface area (Å²) in [5.74, 6) is 0.254. The Morgan fingerprint density at radius 2 is 2.24 bits per heavy atom. The molecule has 17 heavy (non-hydrogen) atoms. The molecular formula is C12H22N4O. The standard InChI is InChI=1S/C12H22N4O/c1-12(17)4-2-7-15(9-5-13)10-11-16-8-3-6-14-16/h3,6,8H,2,4-5,7,9-11,13H2,1H3. The SMILES string of the molecule is CC(=O)CCCN(CCN)CCn1cccn1. The minimum atomic E-state index is 0.254. The zero-order chi connectivity index (χ0) is 12.5. The maximum absolute atomic E-state index is 10.9. The van der Waals surface area contributed by atoms with Gasteiger partial charge in [0.25, 0.3) is 0 Å². The van der Waals surface area contributed by atoms with Crippen LogP contribution < -0.4 is 5.73 Å². The first-order chi connectivity index (χ1) is 8.22. The highest BCUT2D eigenvalue weighted by Crippen LogP contribution is 1.97. The summed E-state index contributed by atoms with van der Waals surface area (Å²) in [6, 6.07) is 1.92. The Morgan fingerprint density at radius 3 is 2.82 bits per heavy atom. The molecule has 0 saturated heterocycles. The maximum atomic E-state index is 10.9. The van der Waals surface area contributed by atoms with E-state index in [0.29, 0.717) is 13.0 Å². The van der Waals surface area contributed by atoms with Gasteiger partial charge in [-0.3, -0.25) is 4.68 Å². The molecule has 1 heterocycles. The highest BCUT2D eigenvalue weighted by molar-refractivity contribution is 5.75. The van der Waals surface area contributed by atoms with Crippen molar-refractivity contribution in [3.8, 4) is 0 Å². The number of Topliss-reactive ketones (excluding diaryl/α,β-unsaturated/α-hetero) is 1. The van der Waals surface area contributed by atoms with Gasteiger partial charge < -0.3 is 15.4 Å². The van der Waals surface area contributed by atoms with Crippen LogP contribution in [0.4, 0.5) is 0 Å². The van der Waals surface area contributed by atoms with Crippen LogP contribution in [0.15, 0.2) is 18.5 Å². The molecule has 0 aliphatic heterocycles. The fraction of sp³-hybridized carbons (Fsp3) is 0.667. The minimum Gasteiger partial charge on any atom is -0.329 e. The van der Waals surface area contributed by atoms with Gasteiger partial charge in [-0.15, -0.1) is 0 Å². The normalized spacial score (nSPS) is 11.0. The van der Waals surface area contributed by atoms with Crippen molar-refractivity contribution in [2.75, 3.05) is 26.2 Å². The second kappa shape index (κ2) is 7.97. The van der Waals surface area contributed by atoms with Gasteiger partial charge in [-0.25, -0.2) is 0 Å². The van der Waals surface area contributed by atoms with Crippen LogP contribution in [0.2, 0.25) is 0 Å². The van der Waals surface area contributed by atoms with Gasteiger partial charge in [0.15, 0.2) is 0 Å². The monoisotopic (exact) mass is 238 g/mol. The Bertz CT molecular complexity index is 310. The molecule has 0 amide bonds. The third-order valence-corrected chi connectivity index (χ3v) is 2.65. The average Bonchev–Trinajstić information content (AvgIpc) is 2.78. The van der Waals surface area contributed by atoms with E-state index < -0.39 is 0 Å². The van der Waals surface area contributed by atoms with E-state index in [9.17, 15) is 4.79 Å². The number of carbonyl (C=O) groups excluding carboxylic acids is 1. The molecule has 0 saturated carbocycles. The van der Waals surface area contributed by atoms with Crippen LogP contribution in [-0.4, -0.2) is 46.6 Å². The number of carbonyl (C=O) groups is 1. The van der Waals surface area contributed by atoms with Gasteiger partial charge in [-0.1, -0.05) is 0 Å². The number of aromatic nitrogens is 2. The Hall–Kier alpha value is -1.20. The summed E-state index contributed by atoms with van der Waals surface area (Å²) in [4.78, 5) is 13.2. The first kappa shape index (κ1) is 13.9. The molecule has 0 bridgehead atoms. The fourth-order valence-corrected chi connectivity index (χ4v) is 1.75. The molecule has 1 aromatic heterocycles. The van der Waals surface area contributed by atoms with Crippen LogP contribution in [0.1, 0.15) is 19.8 Å². The molecular weight excluding hydrogens is 216 g/mol. The van der Waals surface area contributed by atoms with Gasteiger partial charge in [-0.05, 0) is 26.0 Å². The lowest BCUT2D eigenvalue weighted by atomic mass is 10.2. The fourth-order valence-electron chi connectivity index (χ4n) is 1.75. The lowest BCUT2D eigenvalue weighted by Crippen LogP contribution is -2.33.